The molecule has 2 aromatic rings. The van der Waals surface area contributed by atoms with Gasteiger partial charge in [-0.2, -0.15) is 0 Å². The lowest BCUT2D eigenvalue weighted by molar-refractivity contribution is 0.606. The van der Waals surface area contributed by atoms with Crippen molar-refractivity contribution in [3.8, 4) is 0 Å². The Kier molecular flexibility index (Phi) is 6.09. The summed E-state index contributed by atoms with van der Waals surface area (Å²) < 4.78 is 0. The fourth-order valence-electron chi connectivity index (χ4n) is 2.12. The number of hydrogen-bond donors (Lipinski definition) is 1. The van der Waals surface area contributed by atoms with Crippen LogP contribution in [0.1, 0.15) is 31.0 Å². The monoisotopic (exact) mass is 286 g/mol. The van der Waals surface area contributed by atoms with Crippen LogP contribution in [0.4, 0.5) is 0 Å². The Morgan fingerprint density at radius 3 is 2.35 bits per heavy atom. The van der Waals surface area contributed by atoms with Crippen LogP contribution in [-0.4, -0.2) is 17.3 Å². The number of pyridine rings is 1. The van der Waals surface area contributed by atoms with Crippen molar-refractivity contribution in [2.45, 2.75) is 31.2 Å². The highest BCUT2D eigenvalue weighted by Crippen LogP contribution is 2.24. The van der Waals surface area contributed by atoms with Crippen LogP contribution >= 0.6 is 11.8 Å². The molecule has 0 saturated heterocycles. The maximum Gasteiger partial charge on any atom is 0.0415 e. The van der Waals surface area contributed by atoms with Crippen molar-refractivity contribution in [3.05, 3.63) is 59.9 Å². The van der Waals surface area contributed by atoms with Crippen LogP contribution in [0.15, 0.2) is 53.7 Å². The number of thioether (sulfide) groups is 1. The Balaban J connectivity index is 2.02. The summed E-state index contributed by atoms with van der Waals surface area (Å²) in [7, 11) is 0. The molecule has 0 bridgehead atoms. The summed E-state index contributed by atoms with van der Waals surface area (Å²) in [4.78, 5) is 5.33. The van der Waals surface area contributed by atoms with E-state index in [1.807, 2.05) is 24.2 Å². The van der Waals surface area contributed by atoms with Gasteiger partial charge in [0, 0.05) is 29.1 Å². The third kappa shape index (κ3) is 4.36. The van der Waals surface area contributed by atoms with Gasteiger partial charge in [0.25, 0.3) is 0 Å². The van der Waals surface area contributed by atoms with Crippen molar-refractivity contribution in [1.29, 1.82) is 0 Å². The van der Waals surface area contributed by atoms with Crippen LogP contribution in [0.25, 0.3) is 0 Å². The summed E-state index contributed by atoms with van der Waals surface area (Å²) in [6.07, 6.45) is 4.79. The highest BCUT2D eigenvalue weighted by atomic mass is 32.2. The molecule has 0 fully saturated rings. The molecule has 0 aliphatic carbocycles. The van der Waals surface area contributed by atoms with Gasteiger partial charge in [-0.05, 0) is 36.2 Å². The fourth-order valence-corrected chi connectivity index (χ4v) is 3.10. The molecule has 1 heterocycles. The van der Waals surface area contributed by atoms with Gasteiger partial charge in [-0.3, -0.25) is 4.98 Å². The quantitative estimate of drug-likeness (QED) is 0.776. The highest BCUT2D eigenvalue weighted by molar-refractivity contribution is 7.99. The SMILES string of the molecule is CCNC(CSc1ccncc1)c1ccc(CC)cc1. The van der Waals surface area contributed by atoms with E-state index in [0.717, 1.165) is 18.7 Å². The lowest BCUT2D eigenvalue weighted by atomic mass is 10.1. The molecule has 2 nitrogen and oxygen atoms in total. The summed E-state index contributed by atoms with van der Waals surface area (Å²) in [6, 6.07) is 13.5. The highest BCUT2D eigenvalue weighted by Gasteiger charge is 2.10. The molecule has 1 unspecified atom stereocenters. The minimum absolute atomic E-state index is 0.393. The van der Waals surface area contributed by atoms with Crippen molar-refractivity contribution < 1.29 is 0 Å². The summed E-state index contributed by atoms with van der Waals surface area (Å²) in [5, 5.41) is 3.57. The first kappa shape index (κ1) is 15.1. The van der Waals surface area contributed by atoms with Gasteiger partial charge in [0.15, 0.2) is 0 Å². The van der Waals surface area contributed by atoms with E-state index in [4.69, 9.17) is 0 Å². The smallest absolute Gasteiger partial charge is 0.0415 e. The second-order valence-corrected chi connectivity index (χ2v) is 5.79. The minimum atomic E-state index is 0.393. The Labute approximate surface area is 126 Å². The Hall–Kier alpha value is -1.32. The molecule has 20 heavy (non-hydrogen) atoms. The van der Waals surface area contributed by atoms with Crippen molar-refractivity contribution >= 4 is 11.8 Å². The van der Waals surface area contributed by atoms with E-state index < -0.39 is 0 Å². The van der Waals surface area contributed by atoms with Crippen molar-refractivity contribution in [3.63, 3.8) is 0 Å². The summed E-state index contributed by atoms with van der Waals surface area (Å²) in [5.74, 6) is 1.03. The number of nitrogens with one attached hydrogen (secondary N) is 1. The molecule has 106 valence electrons. The van der Waals surface area contributed by atoms with Gasteiger partial charge in [-0.1, -0.05) is 38.1 Å². The fraction of sp³-hybridized carbons (Fsp3) is 0.353. The van der Waals surface area contributed by atoms with E-state index in [2.05, 4.69) is 60.5 Å². The molecule has 0 amide bonds. The van der Waals surface area contributed by atoms with Crippen LogP contribution in [-0.2, 0) is 6.42 Å². The van der Waals surface area contributed by atoms with E-state index in [9.17, 15) is 0 Å². The predicted octanol–water partition coefficient (Wildman–Crippen LogP) is 4.09. The zero-order chi connectivity index (χ0) is 14.2. The number of nitrogens with zero attached hydrogens (tertiary/aromatic N) is 1. The second kappa shape index (κ2) is 8.08. The van der Waals surface area contributed by atoms with E-state index in [-0.39, 0.29) is 0 Å². The van der Waals surface area contributed by atoms with Crippen LogP contribution in [0.2, 0.25) is 0 Å². The molecule has 3 heteroatoms. The number of rotatable bonds is 7. The molecule has 0 saturated carbocycles. The molecule has 0 aliphatic heterocycles. The molecular weight excluding hydrogens is 264 g/mol. The van der Waals surface area contributed by atoms with E-state index in [1.165, 1.54) is 16.0 Å². The Morgan fingerprint density at radius 1 is 1.05 bits per heavy atom. The first-order valence-electron chi connectivity index (χ1n) is 7.18. The number of hydrogen-bond acceptors (Lipinski definition) is 3. The zero-order valence-electron chi connectivity index (χ0n) is 12.2. The maximum absolute atomic E-state index is 4.06. The molecule has 0 radical (unpaired) electrons. The molecule has 2 rings (SSSR count). The van der Waals surface area contributed by atoms with Crippen LogP contribution < -0.4 is 5.32 Å². The van der Waals surface area contributed by atoms with Crippen molar-refractivity contribution in [2.75, 3.05) is 12.3 Å². The van der Waals surface area contributed by atoms with E-state index in [0.29, 0.717) is 6.04 Å². The van der Waals surface area contributed by atoms with E-state index >= 15 is 0 Å². The molecule has 1 aromatic carbocycles. The predicted molar refractivity (Wildman–Crippen MR) is 87.2 cm³/mol. The molecule has 0 aliphatic rings. The Bertz CT molecular complexity index is 496. The van der Waals surface area contributed by atoms with Crippen molar-refractivity contribution in [2.24, 2.45) is 0 Å². The normalized spacial score (nSPS) is 12.3. The summed E-state index contributed by atoms with van der Waals surface area (Å²) >= 11 is 1.87. The molecule has 0 spiro atoms. The van der Waals surface area contributed by atoms with Crippen LogP contribution in [0.5, 0.6) is 0 Å². The average molecular weight is 286 g/mol. The number of aromatic nitrogens is 1. The standard InChI is InChI=1S/C17H22N2S/c1-3-14-5-7-15(8-6-14)17(19-4-2)13-20-16-9-11-18-12-10-16/h5-12,17,19H,3-4,13H2,1-2H3. The molecule has 1 atom stereocenters. The maximum atomic E-state index is 4.06. The van der Waals surface area contributed by atoms with Crippen molar-refractivity contribution in [1.82, 2.24) is 10.3 Å². The van der Waals surface area contributed by atoms with Gasteiger partial charge in [-0.15, -0.1) is 11.8 Å². The molecular formula is C17H22N2S. The van der Waals surface area contributed by atoms with E-state index in [1.54, 1.807) is 0 Å². The Morgan fingerprint density at radius 2 is 1.75 bits per heavy atom. The third-order valence-corrected chi connectivity index (χ3v) is 4.41. The first-order chi connectivity index (χ1) is 9.83. The van der Waals surface area contributed by atoms with Crippen LogP contribution in [0, 0.1) is 0 Å². The van der Waals surface area contributed by atoms with Gasteiger partial charge < -0.3 is 5.32 Å². The summed E-state index contributed by atoms with van der Waals surface area (Å²) in [6.45, 7) is 5.33. The van der Waals surface area contributed by atoms with Gasteiger partial charge in [0.2, 0.25) is 0 Å². The summed E-state index contributed by atoms with van der Waals surface area (Å²) in [5.41, 5.74) is 2.76. The second-order valence-electron chi connectivity index (χ2n) is 4.70. The average Bonchev–Trinajstić information content (AvgIpc) is 2.52. The third-order valence-electron chi connectivity index (χ3n) is 3.31. The largest absolute Gasteiger partial charge is 0.309 e. The number of benzene rings is 1. The molecule has 1 N–H and O–H groups in total. The van der Waals surface area contributed by atoms with Gasteiger partial charge in [0.05, 0.1) is 0 Å². The number of aryl methyl sites for hydroxylation is 1. The first-order valence-corrected chi connectivity index (χ1v) is 8.17. The van der Waals surface area contributed by atoms with Gasteiger partial charge in [-0.25, -0.2) is 0 Å². The topological polar surface area (TPSA) is 24.9 Å². The lowest BCUT2D eigenvalue weighted by Gasteiger charge is -2.18. The van der Waals surface area contributed by atoms with Gasteiger partial charge >= 0.3 is 0 Å². The van der Waals surface area contributed by atoms with Gasteiger partial charge in [0.1, 0.15) is 0 Å². The zero-order valence-corrected chi connectivity index (χ0v) is 13.0. The molecule has 1 aromatic heterocycles. The lowest BCUT2D eigenvalue weighted by Crippen LogP contribution is -2.22. The minimum Gasteiger partial charge on any atom is -0.309 e. The van der Waals surface area contributed by atoms with Crippen LogP contribution in [0.3, 0.4) is 0 Å².